The molecule has 0 atom stereocenters. The van der Waals surface area contributed by atoms with Gasteiger partial charge in [0.2, 0.25) is 5.91 Å². The van der Waals surface area contributed by atoms with Gasteiger partial charge in [0.1, 0.15) is 5.75 Å². The standard InChI is InChI=1S/C21H21BrN4O2S/c1-14(27)26-9-7-15(8-10-26)18-13-29-21(24-18)25-20-19(11-16(22)12-23-20)28-17-5-3-2-4-6-17/h2-6,11-13,15H,7-10H2,1H3,(H,23,24,25). The summed E-state index contributed by atoms with van der Waals surface area (Å²) in [5.41, 5.74) is 1.07. The van der Waals surface area contributed by atoms with Gasteiger partial charge in [-0.05, 0) is 40.9 Å². The SMILES string of the molecule is CC(=O)N1CCC(c2csc(Nc3ncc(Br)cc3Oc3ccccc3)n2)CC1. The first-order chi connectivity index (χ1) is 14.1. The number of nitrogens with zero attached hydrogens (tertiary/aromatic N) is 3. The van der Waals surface area contributed by atoms with E-state index < -0.39 is 0 Å². The maximum Gasteiger partial charge on any atom is 0.219 e. The molecule has 6 nitrogen and oxygen atoms in total. The molecule has 1 aliphatic rings. The highest BCUT2D eigenvalue weighted by atomic mass is 79.9. The van der Waals surface area contributed by atoms with E-state index in [4.69, 9.17) is 9.72 Å². The van der Waals surface area contributed by atoms with Gasteiger partial charge in [0.15, 0.2) is 16.7 Å². The molecule has 1 amide bonds. The zero-order valence-corrected chi connectivity index (χ0v) is 18.4. The van der Waals surface area contributed by atoms with Crippen molar-refractivity contribution in [1.29, 1.82) is 0 Å². The number of likely N-dealkylation sites (tertiary alicyclic amines) is 1. The zero-order valence-electron chi connectivity index (χ0n) is 16.0. The van der Waals surface area contributed by atoms with Gasteiger partial charge in [-0.3, -0.25) is 4.79 Å². The number of hydrogen-bond acceptors (Lipinski definition) is 6. The number of ether oxygens (including phenoxy) is 1. The largest absolute Gasteiger partial charge is 0.453 e. The summed E-state index contributed by atoms with van der Waals surface area (Å²) < 4.78 is 6.84. The number of pyridine rings is 1. The molecule has 8 heteroatoms. The van der Waals surface area contributed by atoms with Crippen LogP contribution in [0.1, 0.15) is 31.4 Å². The van der Waals surface area contributed by atoms with Crippen molar-refractivity contribution >= 4 is 44.1 Å². The summed E-state index contributed by atoms with van der Waals surface area (Å²) in [7, 11) is 0. The summed E-state index contributed by atoms with van der Waals surface area (Å²) in [4.78, 5) is 22.6. The zero-order chi connectivity index (χ0) is 20.2. The summed E-state index contributed by atoms with van der Waals surface area (Å²) in [6.45, 7) is 3.22. The van der Waals surface area contributed by atoms with Crippen molar-refractivity contribution in [3.63, 3.8) is 0 Å². The lowest BCUT2D eigenvalue weighted by atomic mass is 9.94. The maximum atomic E-state index is 11.5. The Hall–Kier alpha value is -2.45. The summed E-state index contributed by atoms with van der Waals surface area (Å²) >= 11 is 5.01. The number of benzene rings is 1. The number of para-hydroxylation sites is 1. The maximum absolute atomic E-state index is 11.5. The highest BCUT2D eigenvalue weighted by Gasteiger charge is 2.24. The lowest BCUT2D eigenvalue weighted by Crippen LogP contribution is -2.36. The van der Waals surface area contributed by atoms with E-state index >= 15 is 0 Å². The van der Waals surface area contributed by atoms with E-state index in [1.807, 2.05) is 41.3 Å². The molecule has 150 valence electrons. The Kier molecular flexibility index (Phi) is 6.10. The second-order valence-electron chi connectivity index (χ2n) is 6.90. The lowest BCUT2D eigenvalue weighted by Gasteiger charge is -2.30. The molecule has 0 saturated carbocycles. The molecule has 1 fully saturated rings. The number of rotatable bonds is 5. The van der Waals surface area contributed by atoms with E-state index in [0.717, 1.165) is 47.0 Å². The van der Waals surface area contributed by atoms with E-state index in [0.29, 0.717) is 17.5 Å². The van der Waals surface area contributed by atoms with Crippen LogP contribution in [0.2, 0.25) is 0 Å². The minimum absolute atomic E-state index is 0.149. The van der Waals surface area contributed by atoms with Crippen molar-refractivity contribution in [2.45, 2.75) is 25.7 Å². The number of piperidine rings is 1. The molecular formula is C21H21BrN4O2S. The summed E-state index contributed by atoms with van der Waals surface area (Å²) in [6.07, 6.45) is 3.62. The van der Waals surface area contributed by atoms with E-state index in [-0.39, 0.29) is 5.91 Å². The Bertz CT molecular complexity index is 987. The topological polar surface area (TPSA) is 67.4 Å². The van der Waals surface area contributed by atoms with Gasteiger partial charge in [0.05, 0.1) is 5.69 Å². The van der Waals surface area contributed by atoms with Crippen LogP contribution in [-0.4, -0.2) is 33.9 Å². The average molecular weight is 473 g/mol. The lowest BCUT2D eigenvalue weighted by molar-refractivity contribution is -0.129. The summed E-state index contributed by atoms with van der Waals surface area (Å²) in [5, 5.41) is 6.16. The molecule has 29 heavy (non-hydrogen) atoms. The molecule has 1 saturated heterocycles. The van der Waals surface area contributed by atoms with Crippen molar-refractivity contribution < 1.29 is 9.53 Å². The van der Waals surface area contributed by atoms with Crippen LogP contribution in [-0.2, 0) is 4.79 Å². The number of aromatic nitrogens is 2. The highest BCUT2D eigenvalue weighted by molar-refractivity contribution is 9.10. The minimum atomic E-state index is 0.149. The molecular weight excluding hydrogens is 452 g/mol. The van der Waals surface area contributed by atoms with E-state index in [2.05, 4.69) is 31.6 Å². The van der Waals surface area contributed by atoms with Crippen LogP contribution >= 0.6 is 27.3 Å². The monoisotopic (exact) mass is 472 g/mol. The van der Waals surface area contributed by atoms with E-state index in [9.17, 15) is 4.79 Å². The molecule has 0 radical (unpaired) electrons. The van der Waals surface area contributed by atoms with Crippen molar-refractivity contribution in [3.05, 3.63) is 58.1 Å². The average Bonchev–Trinajstić information content (AvgIpc) is 3.19. The Morgan fingerprint density at radius 3 is 2.76 bits per heavy atom. The van der Waals surface area contributed by atoms with Crippen molar-refractivity contribution in [1.82, 2.24) is 14.9 Å². The van der Waals surface area contributed by atoms with Gasteiger partial charge in [-0.2, -0.15) is 0 Å². The van der Waals surface area contributed by atoms with Gasteiger partial charge < -0.3 is 15.0 Å². The van der Waals surface area contributed by atoms with Crippen LogP contribution in [0.25, 0.3) is 0 Å². The molecule has 2 aromatic heterocycles. The van der Waals surface area contributed by atoms with Gasteiger partial charge in [-0.1, -0.05) is 18.2 Å². The van der Waals surface area contributed by atoms with Crippen molar-refractivity contribution in [2.24, 2.45) is 0 Å². The molecule has 0 bridgehead atoms. The van der Waals surface area contributed by atoms with Crippen LogP contribution in [0.4, 0.5) is 10.9 Å². The number of hydrogen-bond donors (Lipinski definition) is 1. The third-order valence-electron chi connectivity index (χ3n) is 4.90. The molecule has 0 aliphatic carbocycles. The Labute approximate surface area is 182 Å². The van der Waals surface area contributed by atoms with Crippen LogP contribution in [0.5, 0.6) is 11.5 Å². The van der Waals surface area contributed by atoms with Gasteiger partial charge in [0.25, 0.3) is 0 Å². The van der Waals surface area contributed by atoms with Gasteiger partial charge in [-0.25, -0.2) is 9.97 Å². The number of carbonyl (C=O) groups is 1. The number of thiazole rings is 1. The number of carbonyl (C=O) groups excluding carboxylic acids is 1. The minimum Gasteiger partial charge on any atom is -0.453 e. The Morgan fingerprint density at radius 2 is 2.03 bits per heavy atom. The molecule has 0 unspecified atom stereocenters. The molecule has 3 aromatic rings. The van der Waals surface area contributed by atoms with Crippen molar-refractivity contribution in [3.8, 4) is 11.5 Å². The van der Waals surface area contributed by atoms with Crippen LogP contribution in [0.15, 0.2) is 52.4 Å². The quantitative estimate of drug-likeness (QED) is 0.526. The molecule has 4 rings (SSSR count). The number of anilines is 2. The Balaban J connectivity index is 1.47. The molecule has 1 N–H and O–H groups in total. The molecule has 1 aliphatic heterocycles. The number of halogens is 1. The summed E-state index contributed by atoms with van der Waals surface area (Å²) in [6, 6.07) is 11.5. The van der Waals surface area contributed by atoms with E-state index in [1.165, 1.54) is 0 Å². The first-order valence-corrected chi connectivity index (χ1v) is 11.1. The van der Waals surface area contributed by atoms with E-state index in [1.54, 1.807) is 24.5 Å². The first kappa shape index (κ1) is 19.8. The first-order valence-electron chi connectivity index (χ1n) is 9.45. The predicted molar refractivity (Wildman–Crippen MR) is 118 cm³/mol. The second-order valence-corrected chi connectivity index (χ2v) is 8.67. The van der Waals surface area contributed by atoms with Crippen LogP contribution < -0.4 is 10.1 Å². The van der Waals surface area contributed by atoms with Crippen LogP contribution in [0, 0.1) is 0 Å². The van der Waals surface area contributed by atoms with Gasteiger partial charge >= 0.3 is 0 Å². The third-order valence-corrected chi connectivity index (χ3v) is 6.11. The number of nitrogens with one attached hydrogen (secondary N) is 1. The highest BCUT2D eigenvalue weighted by Crippen LogP contribution is 2.35. The molecule has 3 heterocycles. The smallest absolute Gasteiger partial charge is 0.219 e. The Morgan fingerprint density at radius 1 is 1.28 bits per heavy atom. The summed E-state index contributed by atoms with van der Waals surface area (Å²) in [5.74, 6) is 2.51. The molecule has 1 aromatic carbocycles. The third kappa shape index (κ3) is 4.94. The predicted octanol–water partition coefficient (Wildman–Crippen LogP) is 5.56. The fourth-order valence-electron chi connectivity index (χ4n) is 3.33. The van der Waals surface area contributed by atoms with Crippen molar-refractivity contribution in [2.75, 3.05) is 18.4 Å². The van der Waals surface area contributed by atoms with Crippen LogP contribution in [0.3, 0.4) is 0 Å². The second kappa shape index (κ2) is 8.92. The van der Waals surface area contributed by atoms with Gasteiger partial charge in [0, 0.05) is 48.0 Å². The molecule has 0 spiro atoms. The number of amides is 1. The fourth-order valence-corrected chi connectivity index (χ4v) is 4.43. The normalized spacial score (nSPS) is 14.6. The fraction of sp³-hybridized carbons (Fsp3) is 0.286. The van der Waals surface area contributed by atoms with Gasteiger partial charge in [-0.15, -0.1) is 11.3 Å².